The molecule has 0 saturated carbocycles. The number of hydrogen-bond donors (Lipinski definition) is 0. The highest BCUT2D eigenvalue weighted by molar-refractivity contribution is 5.72. The SMILES string of the molecule is CC/C=C\C/C=C\C/C=C\C/C=C\C/C=C\C/C=C\C/C=C\C/C=C\CCCCCCC(=O)OCC(COC(=O)C/C=C\C/C=C\C/C=C\C/C=C\C/C=C\CC)OC(=O)CCCCCCCCCCC/C=C\C/C=C\CCCCCCC. The number of ether oxygens (including phenoxy) is 3. The number of allylic oxidation sites excluding steroid dienone is 29. The molecule has 83 heavy (non-hydrogen) atoms. The van der Waals surface area contributed by atoms with E-state index in [0.29, 0.717) is 6.42 Å². The second kappa shape index (κ2) is 69.0. The van der Waals surface area contributed by atoms with E-state index in [4.69, 9.17) is 14.2 Å². The Balaban J connectivity index is 4.51. The monoisotopic (exact) mass is 1140 g/mol. The second-order valence-corrected chi connectivity index (χ2v) is 21.3. The van der Waals surface area contributed by atoms with Crippen molar-refractivity contribution in [3.05, 3.63) is 182 Å². The van der Waals surface area contributed by atoms with Crippen LogP contribution >= 0.6 is 0 Å². The molecular weight excluding hydrogens is 1020 g/mol. The van der Waals surface area contributed by atoms with Gasteiger partial charge >= 0.3 is 17.9 Å². The van der Waals surface area contributed by atoms with Crippen LogP contribution in [0.3, 0.4) is 0 Å². The Morgan fingerprint density at radius 1 is 0.265 bits per heavy atom. The molecule has 6 heteroatoms. The average molecular weight is 1140 g/mol. The smallest absolute Gasteiger partial charge is 0.309 e. The van der Waals surface area contributed by atoms with Gasteiger partial charge in [-0.15, -0.1) is 0 Å². The van der Waals surface area contributed by atoms with Crippen LogP contribution in [0.5, 0.6) is 0 Å². The van der Waals surface area contributed by atoms with Gasteiger partial charge in [-0.1, -0.05) is 287 Å². The Labute approximate surface area is 510 Å². The van der Waals surface area contributed by atoms with Crippen LogP contribution in [0.2, 0.25) is 0 Å². The van der Waals surface area contributed by atoms with Crippen LogP contribution in [0.15, 0.2) is 182 Å². The Bertz CT molecular complexity index is 1940. The van der Waals surface area contributed by atoms with E-state index in [2.05, 4.69) is 191 Å². The molecule has 0 fully saturated rings. The van der Waals surface area contributed by atoms with Crippen molar-refractivity contribution in [2.45, 2.75) is 271 Å². The van der Waals surface area contributed by atoms with Crippen LogP contribution in [0.4, 0.5) is 0 Å². The van der Waals surface area contributed by atoms with E-state index in [9.17, 15) is 14.4 Å². The lowest BCUT2D eigenvalue weighted by Gasteiger charge is -2.18. The minimum absolute atomic E-state index is 0.112. The number of hydrogen-bond acceptors (Lipinski definition) is 6. The van der Waals surface area contributed by atoms with E-state index in [0.717, 1.165) is 141 Å². The highest BCUT2D eigenvalue weighted by Crippen LogP contribution is 2.14. The zero-order valence-electron chi connectivity index (χ0n) is 53.1. The molecule has 0 spiro atoms. The number of esters is 3. The zero-order chi connectivity index (χ0) is 59.9. The molecule has 0 radical (unpaired) electrons. The summed E-state index contributed by atoms with van der Waals surface area (Å²) in [6.45, 7) is 6.28. The van der Waals surface area contributed by atoms with Crippen molar-refractivity contribution in [2.24, 2.45) is 0 Å². The molecule has 0 aliphatic rings. The molecule has 0 aromatic rings. The predicted octanol–water partition coefficient (Wildman–Crippen LogP) is 23.2. The van der Waals surface area contributed by atoms with Crippen molar-refractivity contribution in [1.82, 2.24) is 0 Å². The molecule has 0 rings (SSSR count). The molecule has 0 aliphatic heterocycles. The fraction of sp³-hybridized carbons (Fsp3) is 0.571. The fourth-order valence-corrected chi connectivity index (χ4v) is 8.50. The third-order valence-corrected chi connectivity index (χ3v) is 13.4. The van der Waals surface area contributed by atoms with Gasteiger partial charge in [0.25, 0.3) is 0 Å². The Kier molecular flexibility index (Phi) is 64.4. The predicted molar refractivity (Wildman–Crippen MR) is 361 cm³/mol. The van der Waals surface area contributed by atoms with Crippen molar-refractivity contribution in [3.63, 3.8) is 0 Å². The van der Waals surface area contributed by atoms with Gasteiger partial charge in [0.2, 0.25) is 0 Å². The third kappa shape index (κ3) is 67.2. The summed E-state index contributed by atoms with van der Waals surface area (Å²) in [5, 5.41) is 0. The second-order valence-electron chi connectivity index (χ2n) is 21.3. The summed E-state index contributed by atoms with van der Waals surface area (Å²) in [4.78, 5) is 38.3. The lowest BCUT2D eigenvalue weighted by Crippen LogP contribution is -2.30. The van der Waals surface area contributed by atoms with Gasteiger partial charge in [-0.05, 0) is 141 Å². The molecule has 0 saturated heterocycles. The number of unbranched alkanes of at least 4 members (excludes halogenated alkanes) is 18. The van der Waals surface area contributed by atoms with E-state index < -0.39 is 12.1 Å². The molecule has 0 amide bonds. The van der Waals surface area contributed by atoms with Gasteiger partial charge in [0.05, 0.1) is 6.42 Å². The average Bonchev–Trinajstić information content (AvgIpc) is 3.49. The van der Waals surface area contributed by atoms with E-state index >= 15 is 0 Å². The van der Waals surface area contributed by atoms with Gasteiger partial charge in [-0.2, -0.15) is 0 Å². The van der Waals surface area contributed by atoms with Gasteiger partial charge < -0.3 is 14.2 Å². The summed E-state index contributed by atoms with van der Waals surface area (Å²) in [6, 6.07) is 0. The largest absolute Gasteiger partial charge is 0.462 e. The van der Waals surface area contributed by atoms with E-state index in [1.165, 1.54) is 83.5 Å². The topological polar surface area (TPSA) is 78.9 Å². The molecule has 1 atom stereocenters. The van der Waals surface area contributed by atoms with E-state index in [1.54, 1.807) is 6.08 Å². The van der Waals surface area contributed by atoms with Crippen LogP contribution in [0.1, 0.15) is 265 Å². The van der Waals surface area contributed by atoms with Crippen molar-refractivity contribution in [1.29, 1.82) is 0 Å². The summed E-state index contributed by atoms with van der Waals surface area (Å²) in [7, 11) is 0. The summed E-state index contributed by atoms with van der Waals surface area (Å²) in [5.41, 5.74) is 0. The maximum atomic E-state index is 12.9. The Morgan fingerprint density at radius 3 is 0.843 bits per heavy atom. The molecule has 0 heterocycles. The molecular formula is C77H120O6. The van der Waals surface area contributed by atoms with E-state index in [1.807, 2.05) is 6.08 Å². The van der Waals surface area contributed by atoms with Gasteiger partial charge in [0.1, 0.15) is 13.2 Å². The van der Waals surface area contributed by atoms with Crippen LogP contribution < -0.4 is 0 Å². The van der Waals surface area contributed by atoms with Crippen molar-refractivity contribution in [3.8, 4) is 0 Å². The molecule has 0 aromatic heterocycles. The fourth-order valence-electron chi connectivity index (χ4n) is 8.50. The van der Waals surface area contributed by atoms with Crippen LogP contribution in [-0.4, -0.2) is 37.2 Å². The number of carbonyl (C=O) groups is 3. The highest BCUT2D eigenvalue weighted by Gasteiger charge is 2.19. The highest BCUT2D eigenvalue weighted by atomic mass is 16.6. The number of carbonyl (C=O) groups excluding carboxylic acids is 3. The van der Waals surface area contributed by atoms with Crippen LogP contribution in [0, 0.1) is 0 Å². The van der Waals surface area contributed by atoms with E-state index in [-0.39, 0.29) is 38.0 Å². The van der Waals surface area contributed by atoms with Crippen molar-refractivity contribution >= 4 is 17.9 Å². The lowest BCUT2D eigenvalue weighted by atomic mass is 10.1. The Morgan fingerprint density at radius 2 is 0.518 bits per heavy atom. The molecule has 0 aromatic carbocycles. The molecule has 0 bridgehead atoms. The first kappa shape index (κ1) is 77.5. The van der Waals surface area contributed by atoms with Crippen LogP contribution in [-0.2, 0) is 28.6 Å². The van der Waals surface area contributed by atoms with Crippen LogP contribution in [0.25, 0.3) is 0 Å². The summed E-state index contributed by atoms with van der Waals surface area (Å²) in [6.07, 6.45) is 104. The minimum atomic E-state index is -0.843. The van der Waals surface area contributed by atoms with Gasteiger partial charge in [0, 0.05) is 12.8 Å². The third-order valence-electron chi connectivity index (χ3n) is 13.4. The maximum absolute atomic E-state index is 12.9. The van der Waals surface area contributed by atoms with Gasteiger partial charge in [-0.3, -0.25) is 14.4 Å². The first-order valence-corrected chi connectivity index (χ1v) is 33.3. The minimum Gasteiger partial charge on any atom is -0.462 e. The molecule has 6 nitrogen and oxygen atoms in total. The molecule has 1 unspecified atom stereocenters. The maximum Gasteiger partial charge on any atom is 0.309 e. The normalized spacial score (nSPS) is 13.3. The number of rotatable bonds is 58. The molecule has 0 aliphatic carbocycles. The summed E-state index contributed by atoms with van der Waals surface area (Å²) in [5.74, 6) is -1.10. The lowest BCUT2D eigenvalue weighted by molar-refractivity contribution is -0.166. The first-order chi connectivity index (χ1) is 41.0. The van der Waals surface area contributed by atoms with Crippen molar-refractivity contribution in [2.75, 3.05) is 13.2 Å². The Hall–Kier alpha value is -5.49. The van der Waals surface area contributed by atoms with Crippen molar-refractivity contribution < 1.29 is 28.6 Å². The standard InChI is InChI=1S/C77H120O6/c1-4-7-10-13-16-19-22-25-28-30-32-34-35-36-37-38-39-40-41-43-44-46-49-52-55-58-61-64-67-70-76(79)82-73-74(72-81-75(78)69-66-63-60-57-54-51-48-27-24-21-18-15-12-9-6-3)83-77(80)71-68-65-62-59-56-53-50-47-45-42-33-31-29-26-23-20-17-14-11-8-5-2/h7,9-10,12,16,18-19,21,23,25-28,31-34,36-37,39-40,43-44,48-49,52,54,57,63,66,74H,4-6,8,11,13-15,17,20,22,24,29-30,35,38,41-42,45-47,50-51,53,55-56,58-62,64-65,67-73H2,1-3H3/b10-7-,12-9-,19-16-,21-18-,26-23-,28-25-,33-31-,34-32-,37-36-,40-39-,44-43-,48-27-,52-49-,57-54-,66-63-. The first-order valence-electron chi connectivity index (χ1n) is 33.3. The summed E-state index contributed by atoms with van der Waals surface area (Å²) >= 11 is 0. The molecule has 464 valence electrons. The molecule has 0 N–H and O–H groups in total. The summed E-state index contributed by atoms with van der Waals surface area (Å²) < 4.78 is 16.8. The van der Waals surface area contributed by atoms with Gasteiger partial charge in [0.15, 0.2) is 6.10 Å². The van der Waals surface area contributed by atoms with Gasteiger partial charge in [-0.25, -0.2) is 0 Å². The zero-order valence-corrected chi connectivity index (χ0v) is 53.1. The quantitative estimate of drug-likeness (QED) is 0.0261.